The number of imide groups is 1. The summed E-state index contributed by atoms with van der Waals surface area (Å²) in [7, 11) is 0. The number of carbonyl (C=O) groups is 3. The Bertz CT molecular complexity index is 549. The zero-order chi connectivity index (χ0) is 16.1. The summed E-state index contributed by atoms with van der Waals surface area (Å²) >= 11 is 0. The molecule has 1 aromatic carbocycles. The quantitative estimate of drug-likeness (QED) is 0.784. The number of rotatable bonds is 6. The first-order valence-electron chi connectivity index (χ1n) is 7.53. The average molecular weight is 303 g/mol. The zero-order valence-corrected chi connectivity index (χ0v) is 12.9. The molecule has 118 valence electrons. The van der Waals surface area contributed by atoms with Gasteiger partial charge in [-0.15, -0.1) is 0 Å². The maximum Gasteiger partial charge on any atom is 0.324 e. The molecule has 1 heterocycles. The van der Waals surface area contributed by atoms with Crippen molar-refractivity contribution in [2.45, 2.75) is 39.3 Å². The molecule has 1 fully saturated rings. The molecule has 0 spiro atoms. The lowest BCUT2D eigenvalue weighted by atomic mass is 10.1. The van der Waals surface area contributed by atoms with Crippen molar-refractivity contribution >= 4 is 17.8 Å². The van der Waals surface area contributed by atoms with E-state index in [1.807, 2.05) is 13.8 Å². The Morgan fingerprint density at radius 1 is 1.23 bits per heavy atom. The van der Waals surface area contributed by atoms with Crippen molar-refractivity contribution in [2.75, 3.05) is 6.54 Å². The third-order valence-electron chi connectivity index (χ3n) is 3.81. The molecule has 0 aliphatic carbocycles. The molecule has 2 rings (SSSR count). The standard InChI is InChI=1S/C16H21N3O3/c1-3-13(4-2)18-15(21)12-7-5-11(6-8-12)10-19-14(20)9-17-16(19)22/h5-8,13H,3-4,9-10H2,1-2H3,(H,17,22)(H,18,21). The first-order valence-corrected chi connectivity index (χ1v) is 7.53. The first-order chi connectivity index (χ1) is 10.5. The van der Waals surface area contributed by atoms with E-state index in [1.54, 1.807) is 24.3 Å². The fourth-order valence-corrected chi connectivity index (χ4v) is 2.32. The summed E-state index contributed by atoms with van der Waals surface area (Å²) < 4.78 is 0. The van der Waals surface area contributed by atoms with E-state index in [0.29, 0.717) is 5.56 Å². The molecule has 4 amide bonds. The summed E-state index contributed by atoms with van der Waals surface area (Å²) in [6, 6.07) is 6.76. The van der Waals surface area contributed by atoms with Crippen LogP contribution in [-0.4, -0.2) is 35.3 Å². The summed E-state index contributed by atoms with van der Waals surface area (Å²) in [4.78, 5) is 36.3. The molecule has 1 aliphatic rings. The van der Waals surface area contributed by atoms with Gasteiger partial charge in [-0.2, -0.15) is 0 Å². The molecule has 1 aliphatic heterocycles. The second kappa shape index (κ2) is 7.06. The lowest BCUT2D eigenvalue weighted by Crippen LogP contribution is -2.33. The lowest BCUT2D eigenvalue weighted by Gasteiger charge is -2.15. The smallest absolute Gasteiger partial charge is 0.324 e. The second-order valence-corrected chi connectivity index (χ2v) is 5.32. The Morgan fingerprint density at radius 2 is 1.86 bits per heavy atom. The molecule has 2 N–H and O–H groups in total. The van der Waals surface area contributed by atoms with Gasteiger partial charge in [0.05, 0.1) is 13.1 Å². The van der Waals surface area contributed by atoms with Crippen molar-refractivity contribution < 1.29 is 14.4 Å². The van der Waals surface area contributed by atoms with Crippen LogP contribution in [0.25, 0.3) is 0 Å². The zero-order valence-electron chi connectivity index (χ0n) is 12.9. The van der Waals surface area contributed by atoms with Gasteiger partial charge in [0, 0.05) is 11.6 Å². The summed E-state index contributed by atoms with van der Waals surface area (Å²) in [6.07, 6.45) is 1.79. The van der Waals surface area contributed by atoms with Crippen molar-refractivity contribution in [3.63, 3.8) is 0 Å². The van der Waals surface area contributed by atoms with E-state index >= 15 is 0 Å². The Hall–Kier alpha value is -2.37. The topological polar surface area (TPSA) is 78.5 Å². The van der Waals surface area contributed by atoms with Gasteiger partial charge in [0.15, 0.2) is 0 Å². The van der Waals surface area contributed by atoms with E-state index in [9.17, 15) is 14.4 Å². The summed E-state index contributed by atoms with van der Waals surface area (Å²) in [5, 5.41) is 5.45. The van der Waals surface area contributed by atoms with Crippen LogP contribution in [0, 0.1) is 0 Å². The summed E-state index contributed by atoms with van der Waals surface area (Å²) in [5.74, 6) is -0.337. The lowest BCUT2D eigenvalue weighted by molar-refractivity contribution is -0.125. The van der Waals surface area contributed by atoms with Crippen LogP contribution in [0.2, 0.25) is 0 Å². The monoisotopic (exact) mass is 303 g/mol. The Kier molecular flexibility index (Phi) is 5.14. The van der Waals surface area contributed by atoms with E-state index < -0.39 is 0 Å². The van der Waals surface area contributed by atoms with E-state index in [-0.39, 0.29) is 37.0 Å². The van der Waals surface area contributed by atoms with Gasteiger partial charge in [0.2, 0.25) is 5.91 Å². The van der Waals surface area contributed by atoms with Crippen molar-refractivity contribution in [3.8, 4) is 0 Å². The summed E-state index contributed by atoms with van der Waals surface area (Å²) in [5.41, 5.74) is 1.39. The molecule has 6 nitrogen and oxygen atoms in total. The highest BCUT2D eigenvalue weighted by molar-refractivity contribution is 6.01. The highest BCUT2D eigenvalue weighted by atomic mass is 16.2. The highest BCUT2D eigenvalue weighted by Crippen LogP contribution is 2.11. The third kappa shape index (κ3) is 3.63. The maximum absolute atomic E-state index is 12.1. The van der Waals surface area contributed by atoms with Crippen LogP contribution in [0.15, 0.2) is 24.3 Å². The number of amides is 4. The third-order valence-corrected chi connectivity index (χ3v) is 3.81. The highest BCUT2D eigenvalue weighted by Gasteiger charge is 2.28. The van der Waals surface area contributed by atoms with Gasteiger partial charge in [-0.05, 0) is 30.5 Å². The van der Waals surface area contributed by atoms with Crippen LogP contribution in [0.3, 0.4) is 0 Å². The van der Waals surface area contributed by atoms with Gasteiger partial charge in [-0.1, -0.05) is 26.0 Å². The molecule has 0 saturated carbocycles. The molecule has 0 radical (unpaired) electrons. The van der Waals surface area contributed by atoms with Crippen molar-refractivity contribution in [3.05, 3.63) is 35.4 Å². The van der Waals surface area contributed by atoms with Gasteiger partial charge in [0.25, 0.3) is 5.91 Å². The van der Waals surface area contributed by atoms with Crippen LogP contribution in [0.1, 0.15) is 42.6 Å². The fraction of sp³-hybridized carbons (Fsp3) is 0.438. The molecule has 0 atom stereocenters. The Balaban J connectivity index is 1.99. The Labute approximate surface area is 129 Å². The van der Waals surface area contributed by atoms with Gasteiger partial charge < -0.3 is 10.6 Å². The van der Waals surface area contributed by atoms with Crippen LogP contribution >= 0.6 is 0 Å². The number of nitrogens with zero attached hydrogens (tertiary/aromatic N) is 1. The normalized spacial score (nSPS) is 14.4. The predicted molar refractivity (Wildman–Crippen MR) is 82.2 cm³/mol. The largest absolute Gasteiger partial charge is 0.349 e. The molecule has 0 unspecified atom stereocenters. The minimum atomic E-state index is -0.374. The number of nitrogens with one attached hydrogen (secondary N) is 2. The number of urea groups is 1. The van der Waals surface area contributed by atoms with Crippen molar-refractivity contribution in [2.24, 2.45) is 0 Å². The molecular weight excluding hydrogens is 282 g/mol. The minimum Gasteiger partial charge on any atom is -0.349 e. The molecule has 6 heteroatoms. The number of hydrogen-bond acceptors (Lipinski definition) is 3. The predicted octanol–water partition coefficient (Wildman–Crippen LogP) is 1.66. The number of benzene rings is 1. The first kappa shape index (κ1) is 16.0. The van der Waals surface area contributed by atoms with E-state index in [4.69, 9.17) is 0 Å². The van der Waals surface area contributed by atoms with E-state index in [0.717, 1.165) is 18.4 Å². The van der Waals surface area contributed by atoms with Gasteiger partial charge in [-0.3, -0.25) is 14.5 Å². The SMILES string of the molecule is CCC(CC)NC(=O)c1ccc(CN2C(=O)CNC2=O)cc1. The molecule has 0 aromatic heterocycles. The van der Waals surface area contributed by atoms with Crippen molar-refractivity contribution in [1.29, 1.82) is 0 Å². The Morgan fingerprint density at radius 3 is 2.36 bits per heavy atom. The van der Waals surface area contributed by atoms with Gasteiger partial charge in [-0.25, -0.2) is 4.79 Å². The number of carbonyl (C=O) groups excluding carboxylic acids is 3. The molecule has 0 bridgehead atoms. The molecule has 1 saturated heterocycles. The molecule has 1 aromatic rings. The maximum atomic E-state index is 12.1. The van der Waals surface area contributed by atoms with E-state index in [1.165, 1.54) is 4.90 Å². The fourth-order valence-electron chi connectivity index (χ4n) is 2.32. The summed E-state index contributed by atoms with van der Waals surface area (Å²) in [6.45, 7) is 4.35. The minimum absolute atomic E-state index is 0.0503. The van der Waals surface area contributed by atoms with Crippen LogP contribution < -0.4 is 10.6 Å². The average Bonchev–Trinajstić information content (AvgIpc) is 2.85. The van der Waals surface area contributed by atoms with Crippen LogP contribution in [0.5, 0.6) is 0 Å². The van der Waals surface area contributed by atoms with E-state index in [2.05, 4.69) is 10.6 Å². The van der Waals surface area contributed by atoms with Crippen LogP contribution in [0.4, 0.5) is 4.79 Å². The molecule has 22 heavy (non-hydrogen) atoms. The number of hydrogen-bond donors (Lipinski definition) is 2. The second-order valence-electron chi connectivity index (χ2n) is 5.32. The van der Waals surface area contributed by atoms with Gasteiger partial charge in [0.1, 0.15) is 0 Å². The van der Waals surface area contributed by atoms with Crippen molar-refractivity contribution in [1.82, 2.24) is 15.5 Å². The van der Waals surface area contributed by atoms with Gasteiger partial charge >= 0.3 is 6.03 Å². The molecular formula is C16H21N3O3. The van der Waals surface area contributed by atoms with Crippen LogP contribution in [-0.2, 0) is 11.3 Å².